The Morgan fingerprint density at radius 1 is 1.50 bits per heavy atom. The SMILES string of the molecule is CCC1COC(C)CN1c1cccc(F)c1CN. The molecular weight excluding hydrogens is 231 g/mol. The van der Waals surface area contributed by atoms with E-state index in [0.29, 0.717) is 18.2 Å². The van der Waals surface area contributed by atoms with Gasteiger partial charge in [-0.25, -0.2) is 4.39 Å². The molecule has 0 spiro atoms. The summed E-state index contributed by atoms with van der Waals surface area (Å²) in [4.78, 5) is 2.24. The number of rotatable bonds is 3. The Morgan fingerprint density at radius 3 is 2.94 bits per heavy atom. The zero-order valence-corrected chi connectivity index (χ0v) is 11.0. The highest BCUT2D eigenvalue weighted by molar-refractivity contribution is 5.55. The summed E-state index contributed by atoms with van der Waals surface area (Å²) in [5, 5.41) is 0. The van der Waals surface area contributed by atoms with E-state index in [2.05, 4.69) is 11.8 Å². The lowest BCUT2D eigenvalue weighted by Gasteiger charge is -2.40. The largest absolute Gasteiger partial charge is 0.375 e. The van der Waals surface area contributed by atoms with Crippen LogP contribution >= 0.6 is 0 Å². The first kappa shape index (κ1) is 13.3. The van der Waals surface area contributed by atoms with Gasteiger partial charge in [0.05, 0.1) is 18.8 Å². The summed E-state index contributed by atoms with van der Waals surface area (Å²) >= 11 is 0. The van der Waals surface area contributed by atoms with Crippen molar-refractivity contribution in [1.29, 1.82) is 0 Å². The van der Waals surface area contributed by atoms with E-state index in [9.17, 15) is 4.39 Å². The molecule has 1 aliphatic heterocycles. The van der Waals surface area contributed by atoms with E-state index in [-0.39, 0.29) is 18.5 Å². The molecule has 1 heterocycles. The second-order valence-corrected chi connectivity index (χ2v) is 4.80. The zero-order valence-electron chi connectivity index (χ0n) is 11.0. The maximum Gasteiger partial charge on any atom is 0.129 e. The molecule has 2 rings (SSSR count). The van der Waals surface area contributed by atoms with Gasteiger partial charge in [0, 0.05) is 24.3 Å². The van der Waals surface area contributed by atoms with Crippen LogP contribution in [-0.2, 0) is 11.3 Å². The standard InChI is InChI=1S/C14H21FN2O/c1-3-11-9-18-10(2)8-17(11)14-6-4-5-13(15)12(14)7-16/h4-6,10-11H,3,7-9,16H2,1-2H3. The molecule has 2 unspecified atom stereocenters. The molecule has 0 aromatic heterocycles. The van der Waals surface area contributed by atoms with E-state index >= 15 is 0 Å². The van der Waals surface area contributed by atoms with Crippen molar-refractivity contribution in [2.24, 2.45) is 5.73 Å². The number of anilines is 1. The van der Waals surface area contributed by atoms with E-state index in [0.717, 1.165) is 18.7 Å². The molecule has 2 N–H and O–H groups in total. The maximum absolute atomic E-state index is 13.8. The van der Waals surface area contributed by atoms with E-state index in [1.54, 1.807) is 6.07 Å². The fourth-order valence-electron chi connectivity index (χ4n) is 2.50. The van der Waals surface area contributed by atoms with E-state index in [1.807, 2.05) is 13.0 Å². The van der Waals surface area contributed by atoms with Crippen LogP contribution in [0.5, 0.6) is 0 Å². The minimum Gasteiger partial charge on any atom is -0.375 e. The Hall–Kier alpha value is -1.13. The van der Waals surface area contributed by atoms with Gasteiger partial charge < -0.3 is 15.4 Å². The molecule has 100 valence electrons. The van der Waals surface area contributed by atoms with Crippen LogP contribution in [0.1, 0.15) is 25.8 Å². The van der Waals surface area contributed by atoms with Gasteiger partial charge in [0.2, 0.25) is 0 Å². The van der Waals surface area contributed by atoms with Gasteiger partial charge in [0.25, 0.3) is 0 Å². The topological polar surface area (TPSA) is 38.5 Å². The van der Waals surface area contributed by atoms with Gasteiger partial charge in [0.1, 0.15) is 5.82 Å². The summed E-state index contributed by atoms with van der Waals surface area (Å²) in [6, 6.07) is 5.47. The third-order valence-electron chi connectivity index (χ3n) is 3.55. The Balaban J connectivity index is 2.36. The van der Waals surface area contributed by atoms with Gasteiger partial charge >= 0.3 is 0 Å². The molecule has 1 aromatic rings. The number of nitrogens with zero attached hydrogens (tertiary/aromatic N) is 1. The summed E-state index contributed by atoms with van der Waals surface area (Å²) in [5.74, 6) is -0.219. The van der Waals surface area contributed by atoms with Crippen molar-refractivity contribution in [2.45, 2.75) is 39.0 Å². The van der Waals surface area contributed by atoms with Crippen LogP contribution in [0, 0.1) is 5.82 Å². The molecule has 1 fully saturated rings. The van der Waals surface area contributed by atoms with E-state index in [4.69, 9.17) is 10.5 Å². The summed E-state index contributed by atoms with van der Waals surface area (Å²) in [5.41, 5.74) is 7.20. The molecule has 3 nitrogen and oxygen atoms in total. The minimum absolute atomic E-state index is 0.168. The number of benzene rings is 1. The van der Waals surface area contributed by atoms with Crippen LogP contribution in [-0.4, -0.2) is 25.3 Å². The number of nitrogens with two attached hydrogens (primary N) is 1. The van der Waals surface area contributed by atoms with Crippen LogP contribution in [0.2, 0.25) is 0 Å². The van der Waals surface area contributed by atoms with E-state index in [1.165, 1.54) is 6.07 Å². The third kappa shape index (κ3) is 2.49. The lowest BCUT2D eigenvalue weighted by molar-refractivity contribution is 0.0298. The average molecular weight is 252 g/mol. The number of halogens is 1. The molecular formula is C14H21FN2O. The first-order chi connectivity index (χ1) is 8.67. The summed E-state index contributed by atoms with van der Waals surface area (Å²) in [6.45, 7) is 5.87. The second-order valence-electron chi connectivity index (χ2n) is 4.80. The molecule has 0 aliphatic carbocycles. The van der Waals surface area contributed by atoms with Gasteiger partial charge in [-0.3, -0.25) is 0 Å². The van der Waals surface area contributed by atoms with Crippen molar-refractivity contribution in [3.05, 3.63) is 29.6 Å². The fourth-order valence-corrected chi connectivity index (χ4v) is 2.50. The van der Waals surface area contributed by atoms with Crippen molar-refractivity contribution >= 4 is 5.69 Å². The highest BCUT2D eigenvalue weighted by Crippen LogP contribution is 2.28. The number of morpholine rings is 1. The Morgan fingerprint density at radius 2 is 2.28 bits per heavy atom. The van der Waals surface area contributed by atoms with Crippen molar-refractivity contribution in [1.82, 2.24) is 0 Å². The van der Waals surface area contributed by atoms with Gasteiger partial charge in [-0.05, 0) is 25.5 Å². The van der Waals surface area contributed by atoms with Crippen molar-refractivity contribution < 1.29 is 9.13 Å². The minimum atomic E-state index is -0.219. The molecule has 1 saturated heterocycles. The van der Waals surface area contributed by atoms with Crippen molar-refractivity contribution in [2.75, 3.05) is 18.1 Å². The van der Waals surface area contributed by atoms with Gasteiger partial charge in [-0.2, -0.15) is 0 Å². The molecule has 1 aliphatic rings. The monoisotopic (exact) mass is 252 g/mol. The lowest BCUT2D eigenvalue weighted by Crippen LogP contribution is -2.49. The molecule has 0 saturated carbocycles. The Labute approximate surface area is 108 Å². The van der Waals surface area contributed by atoms with Crippen LogP contribution in [0.4, 0.5) is 10.1 Å². The third-order valence-corrected chi connectivity index (χ3v) is 3.55. The number of hydrogen-bond donors (Lipinski definition) is 1. The first-order valence-corrected chi connectivity index (χ1v) is 6.53. The highest BCUT2D eigenvalue weighted by Gasteiger charge is 2.27. The molecule has 2 atom stereocenters. The molecule has 4 heteroatoms. The normalized spacial score (nSPS) is 24.3. The number of hydrogen-bond acceptors (Lipinski definition) is 3. The van der Waals surface area contributed by atoms with Gasteiger partial charge in [0.15, 0.2) is 0 Å². The molecule has 0 bridgehead atoms. The molecule has 0 radical (unpaired) electrons. The maximum atomic E-state index is 13.8. The predicted molar refractivity (Wildman–Crippen MR) is 71.1 cm³/mol. The van der Waals surface area contributed by atoms with Crippen LogP contribution in [0.25, 0.3) is 0 Å². The smallest absolute Gasteiger partial charge is 0.129 e. The van der Waals surface area contributed by atoms with Crippen LogP contribution in [0.15, 0.2) is 18.2 Å². The summed E-state index contributed by atoms with van der Waals surface area (Å²) < 4.78 is 19.5. The van der Waals surface area contributed by atoms with Crippen LogP contribution in [0.3, 0.4) is 0 Å². The van der Waals surface area contributed by atoms with Crippen molar-refractivity contribution in [3.63, 3.8) is 0 Å². The Bertz CT molecular complexity index is 411. The number of ether oxygens (including phenoxy) is 1. The first-order valence-electron chi connectivity index (χ1n) is 6.53. The molecule has 18 heavy (non-hydrogen) atoms. The second kappa shape index (κ2) is 5.67. The average Bonchev–Trinajstić information content (AvgIpc) is 2.38. The lowest BCUT2D eigenvalue weighted by atomic mass is 10.1. The summed E-state index contributed by atoms with van der Waals surface area (Å²) in [7, 11) is 0. The molecule has 1 aromatic carbocycles. The van der Waals surface area contributed by atoms with E-state index < -0.39 is 0 Å². The van der Waals surface area contributed by atoms with Gasteiger partial charge in [-0.15, -0.1) is 0 Å². The highest BCUT2D eigenvalue weighted by atomic mass is 19.1. The van der Waals surface area contributed by atoms with Crippen LogP contribution < -0.4 is 10.6 Å². The van der Waals surface area contributed by atoms with Crippen molar-refractivity contribution in [3.8, 4) is 0 Å². The quantitative estimate of drug-likeness (QED) is 0.897. The molecule has 0 amide bonds. The zero-order chi connectivity index (χ0) is 13.1. The summed E-state index contributed by atoms with van der Waals surface area (Å²) in [6.07, 6.45) is 1.15. The predicted octanol–water partition coefficient (Wildman–Crippen LogP) is 2.29. The van der Waals surface area contributed by atoms with Gasteiger partial charge in [-0.1, -0.05) is 13.0 Å². The Kier molecular flexibility index (Phi) is 4.19. The fraction of sp³-hybridized carbons (Fsp3) is 0.571.